The molecule has 0 spiro atoms. The number of aromatic nitrogens is 4. The second-order valence-electron chi connectivity index (χ2n) is 9.88. The molecular formula is C34H23ClN6O6S4. The predicted octanol–water partition coefficient (Wildman–Crippen LogP) is 8.88. The van der Waals surface area contributed by atoms with Gasteiger partial charge in [-0.05, 0) is 86.8 Å². The summed E-state index contributed by atoms with van der Waals surface area (Å²) in [5, 5.41) is 25.4. The van der Waals surface area contributed by atoms with Gasteiger partial charge in [0.15, 0.2) is 9.93 Å². The quantitative estimate of drug-likeness (QED) is 0.0332. The Hall–Kier alpha value is -5.62. The summed E-state index contributed by atoms with van der Waals surface area (Å²) in [7, 11) is 0. The van der Waals surface area contributed by atoms with E-state index >= 15 is 0 Å². The average Bonchev–Trinajstić information content (AvgIpc) is 3.87. The Balaban J connectivity index is 0.000000190. The van der Waals surface area contributed by atoms with Crippen LogP contribution in [0.5, 0.6) is 0 Å². The van der Waals surface area contributed by atoms with Gasteiger partial charge in [-0.3, -0.25) is 9.59 Å². The van der Waals surface area contributed by atoms with Crippen molar-refractivity contribution in [3.8, 4) is 22.5 Å². The molecular weight excluding hydrogens is 752 g/mol. The number of thioether (sulfide) groups is 1. The van der Waals surface area contributed by atoms with E-state index in [1.807, 2.05) is 39.7 Å². The van der Waals surface area contributed by atoms with Crippen molar-refractivity contribution in [3.63, 3.8) is 0 Å². The summed E-state index contributed by atoms with van der Waals surface area (Å²) in [6.07, 6.45) is 0. The van der Waals surface area contributed by atoms with E-state index in [0.29, 0.717) is 28.2 Å². The Kier molecular flexibility index (Phi) is 13.8. The van der Waals surface area contributed by atoms with Crippen LogP contribution in [0.1, 0.15) is 31.8 Å². The molecule has 256 valence electrons. The molecule has 17 heteroatoms. The molecule has 0 aliphatic carbocycles. The fraction of sp³-hybridized carbons (Fsp3) is 0.0588. The van der Waals surface area contributed by atoms with E-state index in [-0.39, 0.29) is 27.3 Å². The summed E-state index contributed by atoms with van der Waals surface area (Å²) in [5.74, 6) is -1.11. The smallest absolute Gasteiger partial charge is 0.335 e. The van der Waals surface area contributed by atoms with Crippen LogP contribution in [0.4, 0.5) is 11.4 Å². The largest absolute Gasteiger partial charge is 0.478 e. The van der Waals surface area contributed by atoms with Crippen molar-refractivity contribution in [1.29, 1.82) is 0 Å². The minimum absolute atomic E-state index is 0.0318. The lowest BCUT2D eigenvalue weighted by atomic mass is 10.1. The molecule has 0 bridgehead atoms. The van der Waals surface area contributed by atoms with E-state index < -0.39 is 23.1 Å². The van der Waals surface area contributed by atoms with Gasteiger partial charge in [-0.2, -0.15) is 22.7 Å². The van der Waals surface area contributed by atoms with Gasteiger partial charge in [-0.15, -0.1) is 11.6 Å². The Morgan fingerprint density at radius 2 is 1.39 bits per heavy atom. The van der Waals surface area contributed by atoms with Gasteiger partial charge < -0.3 is 25.2 Å². The van der Waals surface area contributed by atoms with E-state index in [4.69, 9.17) is 47.2 Å². The number of aromatic carboxylic acids is 2. The number of rotatable bonds is 8. The zero-order valence-electron chi connectivity index (χ0n) is 25.9. The lowest BCUT2D eigenvalue weighted by molar-refractivity contribution is 0.0686. The number of hydrogen-bond acceptors (Lipinski definition) is 9. The Labute approximate surface area is 311 Å². The SMILES string of the molecule is O=C(O)c1cccc(CCl)c1.[C-]#[N+]c1c(-c2ccsc2)[nH]c(=S)[nH]c1=O.[C-]#[N+]c1c(-c2ccsc2)nc(SCc2cccc(C(=O)O)c2)[nH]c1=O. The number of hydrogen-bond donors (Lipinski definition) is 5. The van der Waals surface area contributed by atoms with Crippen molar-refractivity contribution in [1.82, 2.24) is 19.9 Å². The summed E-state index contributed by atoms with van der Waals surface area (Å²) < 4.78 is 0.230. The van der Waals surface area contributed by atoms with Crippen LogP contribution in [0.2, 0.25) is 0 Å². The molecule has 4 aromatic heterocycles. The van der Waals surface area contributed by atoms with Crippen molar-refractivity contribution >= 4 is 81.6 Å². The molecule has 6 rings (SSSR count). The fourth-order valence-electron chi connectivity index (χ4n) is 4.15. The van der Waals surface area contributed by atoms with E-state index in [0.717, 1.165) is 22.3 Å². The van der Waals surface area contributed by atoms with Crippen molar-refractivity contribution in [2.24, 2.45) is 0 Å². The van der Waals surface area contributed by atoms with Gasteiger partial charge in [-0.25, -0.2) is 24.3 Å². The van der Waals surface area contributed by atoms with Gasteiger partial charge in [0.05, 0.1) is 35.7 Å². The molecule has 0 radical (unpaired) electrons. The van der Waals surface area contributed by atoms with Crippen molar-refractivity contribution < 1.29 is 19.8 Å². The minimum atomic E-state index is -0.987. The molecule has 0 fully saturated rings. The lowest BCUT2D eigenvalue weighted by Gasteiger charge is -2.06. The van der Waals surface area contributed by atoms with Crippen LogP contribution < -0.4 is 11.1 Å². The maximum Gasteiger partial charge on any atom is 0.335 e. The second kappa shape index (κ2) is 18.4. The molecule has 12 nitrogen and oxygen atoms in total. The second-order valence-corrected chi connectivity index (χ2v) is 13.1. The third-order valence-corrected chi connectivity index (χ3v) is 9.32. The number of alkyl halides is 1. The van der Waals surface area contributed by atoms with Crippen LogP contribution in [0.15, 0.2) is 96.9 Å². The maximum absolute atomic E-state index is 12.1. The maximum atomic E-state index is 12.1. The standard InChI is InChI=1S/C17H11N3O3S2.C9H5N3OS2.C8H7ClO2/c1-18-14-13(12-5-6-24-9-12)19-17(20-15(14)21)25-8-10-3-2-4-11(7-10)16(22)23;1-10-7-6(5-2-3-15-4-5)11-9(14)12-8(7)13;9-5-6-2-1-3-7(4-6)8(10)11/h2-7,9H,8H2,(H,22,23)(H,19,20,21);2-4H,(H2,11,12,13,14);1-4H,5H2,(H,10,11). The summed E-state index contributed by atoms with van der Waals surface area (Å²) in [5.41, 5.74) is 3.60. The number of halogens is 1. The minimum Gasteiger partial charge on any atom is -0.478 e. The van der Waals surface area contributed by atoms with E-state index in [1.165, 1.54) is 40.5 Å². The van der Waals surface area contributed by atoms with Crippen molar-refractivity contribution in [3.05, 3.63) is 153 Å². The van der Waals surface area contributed by atoms with Gasteiger partial charge in [0.2, 0.25) is 0 Å². The first kappa shape index (κ1) is 38.2. The van der Waals surface area contributed by atoms with E-state index in [9.17, 15) is 19.2 Å². The molecule has 5 N–H and O–H groups in total. The van der Waals surface area contributed by atoms with Crippen molar-refractivity contribution in [2.75, 3.05) is 0 Å². The molecule has 0 saturated heterocycles. The van der Waals surface area contributed by atoms with Crippen LogP contribution in [-0.4, -0.2) is 42.1 Å². The highest BCUT2D eigenvalue weighted by atomic mass is 35.5. The number of benzene rings is 2. The highest BCUT2D eigenvalue weighted by Crippen LogP contribution is 2.30. The van der Waals surface area contributed by atoms with Crippen molar-refractivity contribution in [2.45, 2.75) is 16.8 Å². The highest BCUT2D eigenvalue weighted by Gasteiger charge is 2.15. The topological polar surface area (TPSA) is 178 Å². The third-order valence-electron chi connectivity index (χ3n) is 6.50. The number of thiophene rings is 2. The Morgan fingerprint density at radius 3 is 1.94 bits per heavy atom. The fourth-order valence-corrected chi connectivity index (χ4v) is 6.61. The summed E-state index contributed by atoms with van der Waals surface area (Å²) >= 11 is 14.6. The molecule has 0 aliphatic heterocycles. The monoisotopic (exact) mass is 774 g/mol. The Morgan fingerprint density at radius 1 is 0.824 bits per heavy atom. The molecule has 51 heavy (non-hydrogen) atoms. The first-order valence-corrected chi connectivity index (χ1v) is 18.0. The number of nitrogens with one attached hydrogen (secondary N) is 3. The number of carbonyl (C=O) groups is 2. The lowest BCUT2D eigenvalue weighted by Crippen LogP contribution is -2.09. The zero-order valence-corrected chi connectivity index (χ0v) is 29.9. The molecule has 0 saturated carbocycles. The normalized spacial score (nSPS) is 10.0. The highest BCUT2D eigenvalue weighted by molar-refractivity contribution is 7.98. The molecule has 4 heterocycles. The van der Waals surface area contributed by atoms with Gasteiger partial charge in [-0.1, -0.05) is 36.0 Å². The number of carboxylic acid groups (broad SMARTS) is 2. The Bertz CT molecular complexity index is 2430. The predicted molar refractivity (Wildman–Crippen MR) is 202 cm³/mol. The van der Waals surface area contributed by atoms with Gasteiger partial charge >= 0.3 is 11.9 Å². The molecule has 6 aromatic rings. The molecule has 2 aromatic carbocycles. The molecule has 0 atom stereocenters. The number of nitrogens with zero attached hydrogens (tertiary/aromatic N) is 3. The molecule has 0 unspecified atom stereocenters. The van der Waals surface area contributed by atoms with Gasteiger partial charge in [0, 0.05) is 17.2 Å². The molecule has 0 aliphatic rings. The van der Waals surface area contributed by atoms with E-state index in [2.05, 4.69) is 29.6 Å². The summed E-state index contributed by atoms with van der Waals surface area (Å²) in [6, 6.07) is 16.8. The third kappa shape index (κ3) is 10.4. The van der Waals surface area contributed by atoms with E-state index in [1.54, 1.807) is 36.4 Å². The van der Waals surface area contributed by atoms with Crippen LogP contribution in [0.25, 0.3) is 32.2 Å². The first-order chi connectivity index (χ1) is 24.5. The average molecular weight is 775 g/mol. The van der Waals surface area contributed by atoms with Crippen LogP contribution in [-0.2, 0) is 11.6 Å². The van der Waals surface area contributed by atoms with Crippen LogP contribution in [0.3, 0.4) is 0 Å². The van der Waals surface area contributed by atoms with Gasteiger partial charge in [0.25, 0.3) is 22.5 Å². The summed E-state index contributed by atoms with van der Waals surface area (Å²) in [4.78, 5) is 63.7. The summed E-state index contributed by atoms with van der Waals surface area (Å²) in [6.45, 7) is 14.2. The van der Waals surface area contributed by atoms with Gasteiger partial charge in [0.1, 0.15) is 0 Å². The first-order valence-electron chi connectivity index (χ1n) is 14.2. The number of aromatic amines is 3. The molecule has 0 amide bonds. The number of H-pyrrole nitrogens is 3. The van der Waals surface area contributed by atoms with Crippen LogP contribution >= 0.6 is 58.3 Å². The zero-order chi connectivity index (χ0) is 36.9. The number of carboxylic acids is 2. The van der Waals surface area contributed by atoms with Crippen LogP contribution in [0, 0.1) is 17.9 Å².